The van der Waals surface area contributed by atoms with Crippen molar-refractivity contribution in [2.24, 2.45) is 0 Å². The average molecular weight is 430 g/mol. The van der Waals surface area contributed by atoms with Gasteiger partial charge in [-0.3, -0.25) is 14.3 Å². The lowest BCUT2D eigenvalue weighted by atomic mass is 9.91. The normalized spacial score (nSPS) is 17.7. The van der Waals surface area contributed by atoms with Gasteiger partial charge < -0.3 is 15.3 Å². The van der Waals surface area contributed by atoms with Gasteiger partial charge in [0.25, 0.3) is 5.91 Å². The standard InChI is InChI=1S/C23H23BN4O4/c1-23(22(32)25-12-15-6-3-2-4-7-15)14-28-19(11-18(26-28)21(30)31)20(29)27(23)13-16-8-5-9-17(24)10-16/h2-11H,12-14,24H2,1H3,(H,25,32)(H,30,31). The van der Waals surface area contributed by atoms with Gasteiger partial charge in [-0.05, 0) is 18.1 Å². The van der Waals surface area contributed by atoms with Gasteiger partial charge in [0.2, 0.25) is 5.91 Å². The molecule has 0 saturated carbocycles. The molecule has 0 spiro atoms. The summed E-state index contributed by atoms with van der Waals surface area (Å²) in [6, 6.07) is 18.5. The number of fused-ring (bicyclic) bond motifs is 1. The molecule has 8 nitrogen and oxygen atoms in total. The van der Waals surface area contributed by atoms with Gasteiger partial charge in [0.15, 0.2) is 5.69 Å². The molecular weight excluding hydrogens is 407 g/mol. The Bertz CT molecular complexity index is 1190. The number of hydrogen-bond donors (Lipinski definition) is 2. The van der Waals surface area contributed by atoms with E-state index >= 15 is 0 Å². The Morgan fingerprint density at radius 2 is 1.84 bits per heavy atom. The summed E-state index contributed by atoms with van der Waals surface area (Å²) >= 11 is 0. The molecule has 1 unspecified atom stereocenters. The lowest BCUT2D eigenvalue weighted by Gasteiger charge is -2.43. The minimum Gasteiger partial charge on any atom is -0.476 e. The van der Waals surface area contributed by atoms with Gasteiger partial charge in [0.05, 0.1) is 6.54 Å². The Hall–Kier alpha value is -3.88. The van der Waals surface area contributed by atoms with Crippen molar-refractivity contribution in [1.29, 1.82) is 0 Å². The van der Waals surface area contributed by atoms with Crippen LogP contribution < -0.4 is 10.8 Å². The average Bonchev–Trinajstić information content (AvgIpc) is 3.20. The minimum atomic E-state index is -1.26. The zero-order chi connectivity index (χ0) is 22.9. The fraction of sp³-hybridized carbons (Fsp3) is 0.217. The number of aromatic nitrogens is 2. The van der Waals surface area contributed by atoms with Crippen molar-refractivity contribution in [1.82, 2.24) is 20.0 Å². The Labute approximate surface area is 186 Å². The largest absolute Gasteiger partial charge is 0.476 e. The lowest BCUT2D eigenvalue weighted by molar-refractivity contribution is -0.133. The molecule has 1 aromatic heterocycles. The zero-order valence-corrected chi connectivity index (χ0v) is 17.9. The van der Waals surface area contributed by atoms with Gasteiger partial charge in [-0.2, -0.15) is 5.10 Å². The fourth-order valence-electron chi connectivity index (χ4n) is 3.96. The third-order valence-corrected chi connectivity index (χ3v) is 5.72. The summed E-state index contributed by atoms with van der Waals surface area (Å²) in [6.45, 7) is 2.26. The number of amides is 2. The summed E-state index contributed by atoms with van der Waals surface area (Å²) in [6.07, 6.45) is 0. The highest BCUT2D eigenvalue weighted by Crippen LogP contribution is 2.29. The van der Waals surface area contributed by atoms with Crippen LogP contribution in [0, 0.1) is 0 Å². The second kappa shape index (κ2) is 8.34. The van der Waals surface area contributed by atoms with Gasteiger partial charge >= 0.3 is 5.97 Å². The molecule has 0 radical (unpaired) electrons. The Balaban J connectivity index is 1.69. The van der Waals surface area contributed by atoms with Gasteiger partial charge in [0.1, 0.15) is 19.1 Å². The number of nitrogens with one attached hydrogen (secondary N) is 1. The third kappa shape index (κ3) is 4.01. The molecule has 2 heterocycles. The SMILES string of the molecule is Bc1cccc(CN2C(=O)c3cc(C(=O)O)nn3CC2(C)C(=O)NCc2ccccc2)c1. The topological polar surface area (TPSA) is 105 Å². The third-order valence-electron chi connectivity index (χ3n) is 5.72. The van der Waals surface area contributed by atoms with E-state index in [1.165, 1.54) is 15.6 Å². The molecule has 9 heteroatoms. The van der Waals surface area contributed by atoms with Crippen LogP contribution >= 0.6 is 0 Å². The number of carboxylic acid groups (broad SMARTS) is 1. The van der Waals surface area contributed by atoms with Crippen LogP contribution in [0.5, 0.6) is 0 Å². The van der Waals surface area contributed by atoms with Gasteiger partial charge in [-0.1, -0.05) is 60.1 Å². The number of aromatic carboxylic acids is 1. The van der Waals surface area contributed by atoms with Crippen LogP contribution in [0.4, 0.5) is 0 Å². The zero-order valence-electron chi connectivity index (χ0n) is 17.9. The van der Waals surface area contributed by atoms with Gasteiger partial charge in [-0.15, -0.1) is 0 Å². The first kappa shape index (κ1) is 21.4. The maximum Gasteiger partial charge on any atom is 0.356 e. The summed E-state index contributed by atoms with van der Waals surface area (Å²) in [5.74, 6) is -1.99. The fourth-order valence-corrected chi connectivity index (χ4v) is 3.96. The van der Waals surface area contributed by atoms with Crippen LogP contribution in [0.15, 0.2) is 60.7 Å². The highest BCUT2D eigenvalue weighted by atomic mass is 16.4. The minimum absolute atomic E-state index is 0.0494. The molecule has 4 rings (SSSR count). The number of carbonyl (C=O) groups excluding carboxylic acids is 2. The summed E-state index contributed by atoms with van der Waals surface area (Å²) in [5, 5.41) is 16.3. The molecule has 1 aliphatic rings. The van der Waals surface area contributed by atoms with E-state index in [1.807, 2.05) is 62.4 Å². The predicted octanol–water partition coefficient (Wildman–Crippen LogP) is 0.571. The summed E-state index contributed by atoms with van der Waals surface area (Å²) in [4.78, 5) is 39.7. The highest BCUT2D eigenvalue weighted by Gasteiger charge is 2.48. The quantitative estimate of drug-likeness (QED) is 0.557. The van der Waals surface area contributed by atoms with Crippen molar-refractivity contribution in [2.45, 2.75) is 32.1 Å². The molecule has 2 aromatic carbocycles. The highest BCUT2D eigenvalue weighted by molar-refractivity contribution is 6.32. The Morgan fingerprint density at radius 1 is 1.12 bits per heavy atom. The first-order valence-corrected chi connectivity index (χ1v) is 10.3. The van der Waals surface area contributed by atoms with E-state index in [1.54, 1.807) is 6.92 Å². The van der Waals surface area contributed by atoms with E-state index in [2.05, 4.69) is 10.4 Å². The summed E-state index contributed by atoms with van der Waals surface area (Å²) in [7, 11) is 1.96. The van der Waals surface area contributed by atoms with E-state index < -0.39 is 17.4 Å². The van der Waals surface area contributed by atoms with Crippen molar-refractivity contribution in [2.75, 3.05) is 0 Å². The molecule has 162 valence electrons. The molecule has 2 amide bonds. The number of nitrogens with zero attached hydrogens (tertiary/aromatic N) is 3. The second-order valence-electron chi connectivity index (χ2n) is 8.20. The number of rotatable bonds is 6. The monoisotopic (exact) mass is 430 g/mol. The van der Waals surface area contributed by atoms with E-state index in [0.717, 1.165) is 16.6 Å². The molecule has 2 N–H and O–H groups in total. The molecule has 0 aliphatic carbocycles. The van der Waals surface area contributed by atoms with E-state index in [0.29, 0.717) is 6.54 Å². The van der Waals surface area contributed by atoms with Crippen molar-refractivity contribution < 1.29 is 19.5 Å². The summed E-state index contributed by atoms with van der Waals surface area (Å²) < 4.78 is 1.32. The van der Waals surface area contributed by atoms with Gasteiger partial charge in [-0.25, -0.2) is 4.79 Å². The van der Waals surface area contributed by atoms with Crippen LogP contribution in [0.2, 0.25) is 0 Å². The van der Waals surface area contributed by atoms with E-state index in [4.69, 9.17) is 0 Å². The van der Waals surface area contributed by atoms with Crippen LogP contribution in [-0.2, 0) is 24.4 Å². The number of benzene rings is 2. The number of hydrogen-bond acceptors (Lipinski definition) is 4. The predicted molar refractivity (Wildman–Crippen MR) is 120 cm³/mol. The van der Waals surface area contributed by atoms with E-state index in [9.17, 15) is 19.5 Å². The molecule has 0 bridgehead atoms. The van der Waals surface area contributed by atoms with Crippen LogP contribution in [-0.4, -0.2) is 51.0 Å². The van der Waals surface area contributed by atoms with Crippen molar-refractivity contribution in [3.63, 3.8) is 0 Å². The van der Waals surface area contributed by atoms with Crippen molar-refractivity contribution in [3.8, 4) is 0 Å². The van der Waals surface area contributed by atoms with Crippen molar-refractivity contribution >= 4 is 31.1 Å². The molecule has 0 saturated heterocycles. The number of carbonyl (C=O) groups is 3. The molecule has 3 aromatic rings. The molecule has 0 fully saturated rings. The number of carboxylic acids is 1. The smallest absolute Gasteiger partial charge is 0.356 e. The first-order chi connectivity index (χ1) is 15.3. The van der Waals surface area contributed by atoms with Crippen molar-refractivity contribution in [3.05, 3.63) is 83.2 Å². The maximum atomic E-state index is 13.4. The van der Waals surface area contributed by atoms with Crippen LogP contribution in [0.3, 0.4) is 0 Å². The molecular formula is C23H23BN4O4. The van der Waals surface area contributed by atoms with Crippen LogP contribution in [0.1, 0.15) is 39.0 Å². The Morgan fingerprint density at radius 3 is 2.53 bits per heavy atom. The summed E-state index contributed by atoms with van der Waals surface area (Å²) in [5.41, 5.74) is 1.53. The lowest BCUT2D eigenvalue weighted by Crippen LogP contribution is -2.63. The van der Waals surface area contributed by atoms with Gasteiger partial charge in [0, 0.05) is 19.2 Å². The maximum absolute atomic E-state index is 13.4. The molecule has 1 aliphatic heterocycles. The first-order valence-electron chi connectivity index (χ1n) is 10.3. The molecule has 1 atom stereocenters. The second-order valence-corrected chi connectivity index (χ2v) is 8.20. The molecule has 32 heavy (non-hydrogen) atoms. The van der Waals surface area contributed by atoms with Crippen LogP contribution in [0.25, 0.3) is 0 Å². The Kier molecular flexibility index (Phi) is 5.56. The van der Waals surface area contributed by atoms with E-state index in [-0.39, 0.29) is 30.4 Å².